The largest absolute Gasteiger partial charge is 0.379 e. The third kappa shape index (κ3) is 3.16. The first kappa shape index (κ1) is 11.4. The maximum Gasteiger partial charge on any atom is 0.0594 e. The molecule has 3 heteroatoms. The molecule has 1 unspecified atom stereocenters. The van der Waals surface area contributed by atoms with Crippen LogP contribution in [0.3, 0.4) is 0 Å². The predicted molar refractivity (Wildman–Crippen MR) is 62.1 cm³/mol. The van der Waals surface area contributed by atoms with Crippen molar-refractivity contribution >= 4 is 0 Å². The maximum absolute atomic E-state index is 5.41. The molecule has 0 amide bonds. The molecule has 0 aromatic carbocycles. The van der Waals surface area contributed by atoms with Crippen molar-refractivity contribution in [2.24, 2.45) is 0 Å². The van der Waals surface area contributed by atoms with Crippen molar-refractivity contribution in [3.8, 4) is 0 Å². The number of nitrogens with zero attached hydrogens (tertiary/aromatic N) is 2. The van der Waals surface area contributed by atoms with Gasteiger partial charge in [0.2, 0.25) is 0 Å². The zero-order valence-corrected chi connectivity index (χ0v) is 9.95. The molecule has 0 aromatic rings. The summed E-state index contributed by atoms with van der Waals surface area (Å²) in [6.45, 7) is 10.3. The van der Waals surface area contributed by atoms with Gasteiger partial charge in [-0.05, 0) is 32.4 Å². The monoisotopic (exact) mass is 212 g/mol. The van der Waals surface area contributed by atoms with Crippen LogP contribution in [0.5, 0.6) is 0 Å². The van der Waals surface area contributed by atoms with E-state index in [-0.39, 0.29) is 0 Å². The van der Waals surface area contributed by atoms with Crippen LogP contribution >= 0.6 is 0 Å². The van der Waals surface area contributed by atoms with E-state index in [1.165, 1.54) is 38.9 Å². The summed E-state index contributed by atoms with van der Waals surface area (Å²) in [5, 5.41) is 0. The highest BCUT2D eigenvalue weighted by Gasteiger charge is 2.22. The van der Waals surface area contributed by atoms with E-state index >= 15 is 0 Å². The van der Waals surface area contributed by atoms with E-state index in [1.54, 1.807) is 0 Å². The molecule has 0 aliphatic carbocycles. The molecule has 2 heterocycles. The topological polar surface area (TPSA) is 15.7 Å². The molecule has 1 atom stereocenters. The van der Waals surface area contributed by atoms with Crippen molar-refractivity contribution in [1.82, 2.24) is 9.80 Å². The van der Waals surface area contributed by atoms with Gasteiger partial charge in [-0.1, -0.05) is 6.92 Å². The maximum atomic E-state index is 5.41. The highest BCUT2D eigenvalue weighted by molar-refractivity contribution is 4.78. The summed E-state index contributed by atoms with van der Waals surface area (Å²) in [5.41, 5.74) is 0. The van der Waals surface area contributed by atoms with Gasteiger partial charge in [0, 0.05) is 25.7 Å². The first-order valence-corrected chi connectivity index (χ1v) is 6.44. The minimum absolute atomic E-state index is 0.756. The third-order valence-electron chi connectivity index (χ3n) is 3.70. The van der Waals surface area contributed by atoms with Gasteiger partial charge < -0.3 is 9.64 Å². The minimum Gasteiger partial charge on any atom is -0.379 e. The molecule has 15 heavy (non-hydrogen) atoms. The van der Waals surface area contributed by atoms with E-state index in [4.69, 9.17) is 4.74 Å². The summed E-state index contributed by atoms with van der Waals surface area (Å²) >= 11 is 0. The normalized spacial score (nSPS) is 27.0. The van der Waals surface area contributed by atoms with E-state index in [9.17, 15) is 0 Å². The van der Waals surface area contributed by atoms with Crippen molar-refractivity contribution < 1.29 is 4.74 Å². The summed E-state index contributed by atoms with van der Waals surface area (Å²) < 4.78 is 5.41. The van der Waals surface area contributed by atoms with Crippen LogP contribution < -0.4 is 0 Å². The fraction of sp³-hybridized carbons (Fsp3) is 1.00. The van der Waals surface area contributed by atoms with Crippen LogP contribution in [0, 0.1) is 0 Å². The van der Waals surface area contributed by atoms with Crippen molar-refractivity contribution in [3.05, 3.63) is 0 Å². The Morgan fingerprint density at radius 2 is 1.73 bits per heavy atom. The number of ether oxygens (including phenoxy) is 1. The van der Waals surface area contributed by atoms with Crippen LogP contribution in [0.1, 0.15) is 26.2 Å². The summed E-state index contributed by atoms with van der Waals surface area (Å²) in [5.74, 6) is 0. The first-order chi connectivity index (χ1) is 7.40. The molecule has 0 saturated carbocycles. The van der Waals surface area contributed by atoms with E-state index < -0.39 is 0 Å². The van der Waals surface area contributed by atoms with E-state index in [1.807, 2.05) is 0 Å². The fourth-order valence-corrected chi connectivity index (χ4v) is 2.71. The Hall–Kier alpha value is -0.120. The number of morpholine rings is 1. The van der Waals surface area contributed by atoms with Crippen LogP contribution in [0.25, 0.3) is 0 Å². The average molecular weight is 212 g/mol. The zero-order valence-electron chi connectivity index (χ0n) is 9.95. The third-order valence-corrected chi connectivity index (χ3v) is 3.70. The molecule has 3 nitrogen and oxygen atoms in total. The molecule has 0 aromatic heterocycles. The molecule has 2 aliphatic rings. The van der Waals surface area contributed by atoms with Gasteiger partial charge in [-0.15, -0.1) is 0 Å². The van der Waals surface area contributed by atoms with Crippen LogP contribution in [0.2, 0.25) is 0 Å². The molecule has 0 spiro atoms. The van der Waals surface area contributed by atoms with Crippen molar-refractivity contribution in [2.45, 2.75) is 32.2 Å². The van der Waals surface area contributed by atoms with Gasteiger partial charge in [0.15, 0.2) is 0 Å². The van der Waals surface area contributed by atoms with Gasteiger partial charge >= 0.3 is 0 Å². The lowest BCUT2D eigenvalue weighted by Crippen LogP contribution is -2.48. The smallest absolute Gasteiger partial charge is 0.0594 e. The highest BCUT2D eigenvalue weighted by atomic mass is 16.5. The lowest BCUT2D eigenvalue weighted by Gasteiger charge is -2.36. The lowest BCUT2D eigenvalue weighted by atomic mass is 10.1. The quantitative estimate of drug-likeness (QED) is 0.696. The van der Waals surface area contributed by atoms with Crippen LogP contribution in [-0.2, 0) is 4.74 Å². The van der Waals surface area contributed by atoms with Crippen LogP contribution in [0.15, 0.2) is 0 Å². The molecule has 2 saturated heterocycles. The molecule has 0 bridgehead atoms. The Labute approximate surface area is 93.4 Å². The number of likely N-dealkylation sites (tertiary alicyclic amines) is 1. The first-order valence-electron chi connectivity index (χ1n) is 6.44. The molecule has 0 N–H and O–H groups in total. The average Bonchev–Trinajstić information content (AvgIpc) is 2.80. The van der Waals surface area contributed by atoms with Crippen molar-refractivity contribution in [1.29, 1.82) is 0 Å². The van der Waals surface area contributed by atoms with E-state index in [0.29, 0.717) is 0 Å². The lowest BCUT2D eigenvalue weighted by molar-refractivity contribution is 0.00895. The van der Waals surface area contributed by atoms with Crippen LogP contribution in [-0.4, -0.2) is 61.8 Å². The van der Waals surface area contributed by atoms with Crippen molar-refractivity contribution in [3.63, 3.8) is 0 Å². The number of hydrogen-bond acceptors (Lipinski definition) is 3. The summed E-state index contributed by atoms with van der Waals surface area (Å²) in [6.07, 6.45) is 4.08. The SMILES string of the molecule is CCC(CN1CCCC1)N1CCOCC1. The molecule has 2 aliphatic heterocycles. The molecule has 0 radical (unpaired) electrons. The number of rotatable bonds is 4. The van der Waals surface area contributed by atoms with Crippen molar-refractivity contribution in [2.75, 3.05) is 45.9 Å². The van der Waals surface area contributed by atoms with E-state index in [0.717, 1.165) is 32.3 Å². The summed E-state index contributed by atoms with van der Waals surface area (Å²) in [7, 11) is 0. The number of hydrogen-bond donors (Lipinski definition) is 0. The Morgan fingerprint density at radius 3 is 2.33 bits per heavy atom. The molecular weight excluding hydrogens is 188 g/mol. The highest BCUT2D eigenvalue weighted by Crippen LogP contribution is 2.13. The minimum atomic E-state index is 0.756. The van der Waals surface area contributed by atoms with Gasteiger partial charge in [0.05, 0.1) is 13.2 Å². The second kappa shape index (κ2) is 5.83. The molecular formula is C12H24N2O. The standard InChI is InChI=1S/C12H24N2O/c1-2-12(11-13-5-3-4-6-13)14-7-9-15-10-8-14/h12H,2-11H2,1H3. The fourth-order valence-electron chi connectivity index (χ4n) is 2.71. The van der Waals surface area contributed by atoms with Gasteiger partial charge in [0.1, 0.15) is 0 Å². The second-order valence-electron chi connectivity index (χ2n) is 4.72. The Bertz CT molecular complexity index is 174. The van der Waals surface area contributed by atoms with Gasteiger partial charge in [-0.25, -0.2) is 0 Å². The zero-order chi connectivity index (χ0) is 10.5. The molecule has 2 fully saturated rings. The Morgan fingerprint density at radius 1 is 1.07 bits per heavy atom. The van der Waals surface area contributed by atoms with Gasteiger partial charge in [0.25, 0.3) is 0 Å². The van der Waals surface area contributed by atoms with Gasteiger partial charge in [-0.3, -0.25) is 4.90 Å². The predicted octanol–water partition coefficient (Wildman–Crippen LogP) is 1.19. The molecule has 2 rings (SSSR count). The van der Waals surface area contributed by atoms with Gasteiger partial charge in [-0.2, -0.15) is 0 Å². The van der Waals surface area contributed by atoms with Crippen LogP contribution in [0.4, 0.5) is 0 Å². The summed E-state index contributed by atoms with van der Waals surface area (Å²) in [6, 6.07) is 0.756. The Balaban J connectivity index is 1.79. The molecule has 88 valence electrons. The second-order valence-corrected chi connectivity index (χ2v) is 4.72. The Kier molecular flexibility index (Phi) is 4.42. The van der Waals surface area contributed by atoms with E-state index in [2.05, 4.69) is 16.7 Å². The summed E-state index contributed by atoms with van der Waals surface area (Å²) in [4.78, 5) is 5.24.